The third kappa shape index (κ3) is 6.21. The number of fused-ring (bicyclic) bond motifs is 6. The highest BCUT2D eigenvalue weighted by atomic mass is 16.3. The molecule has 63 heavy (non-hydrogen) atoms. The number of furan rings is 1. The molecule has 0 aliphatic carbocycles. The Kier molecular flexibility index (Phi) is 8.83. The van der Waals surface area contributed by atoms with Crippen molar-refractivity contribution < 1.29 is 4.42 Å². The van der Waals surface area contributed by atoms with E-state index in [1.54, 1.807) is 0 Å². The number of para-hydroxylation sites is 5. The Morgan fingerprint density at radius 2 is 0.794 bits per heavy atom. The fraction of sp³-hybridized carbons (Fsp3) is 0. The van der Waals surface area contributed by atoms with Crippen molar-refractivity contribution in [2.45, 2.75) is 0 Å². The zero-order valence-corrected chi connectivity index (χ0v) is 34.4. The van der Waals surface area contributed by atoms with Crippen molar-refractivity contribution in [3.8, 4) is 50.2 Å². The van der Waals surface area contributed by atoms with E-state index in [2.05, 4.69) is 246 Å². The van der Waals surface area contributed by atoms with Crippen molar-refractivity contribution in [3.63, 3.8) is 0 Å². The van der Waals surface area contributed by atoms with Gasteiger partial charge < -0.3 is 13.9 Å². The number of nitrogens with zero attached hydrogens (tertiary/aromatic N) is 2. The molecule has 0 saturated heterocycles. The molecule has 296 valence electrons. The van der Waals surface area contributed by atoms with E-state index >= 15 is 0 Å². The molecule has 0 aliphatic rings. The highest BCUT2D eigenvalue weighted by molar-refractivity contribution is 6.14. The summed E-state index contributed by atoms with van der Waals surface area (Å²) < 4.78 is 9.10. The average molecular weight is 805 g/mol. The van der Waals surface area contributed by atoms with Gasteiger partial charge in [0.25, 0.3) is 0 Å². The van der Waals surface area contributed by atoms with Gasteiger partial charge in [-0.25, -0.2) is 0 Å². The summed E-state index contributed by atoms with van der Waals surface area (Å²) in [6.45, 7) is 0. The van der Waals surface area contributed by atoms with Crippen LogP contribution in [-0.4, -0.2) is 4.57 Å². The quantitative estimate of drug-likeness (QED) is 0.153. The van der Waals surface area contributed by atoms with Crippen LogP contribution in [0.5, 0.6) is 0 Å². The van der Waals surface area contributed by atoms with Crippen LogP contribution in [0.1, 0.15) is 0 Å². The number of rotatable bonds is 8. The molecule has 0 radical (unpaired) electrons. The van der Waals surface area contributed by atoms with Gasteiger partial charge in [0.15, 0.2) is 5.58 Å². The van der Waals surface area contributed by atoms with Crippen LogP contribution in [0.4, 0.5) is 17.1 Å². The maximum atomic E-state index is 6.69. The van der Waals surface area contributed by atoms with Crippen LogP contribution in [0.25, 0.3) is 93.9 Å². The molecule has 0 unspecified atom stereocenters. The topological polar surface area (TPSA) is 21.3 Å². The van der Waals surface area contributed by atoms with Gasteiger partial charge in [0.1, 0.15) is 5.58 Å². The predicted octanol–water partition coefficient (Wildman–Crippen LogP) is 16.8. The van der Waals surface area contributed by atoms with E-state index in [4.69, 9.17) is 4.42 Å². The van der Waals surface area contributed by atoms with E-state index < -0.39 is 0 Å². The molecule has 0 N–H and O–H groups in total. The average Bonchev–Trinajstić information content (AvgIpc) is 3.92. The van der Waals surface area contributed by atoms with Crippen LogP contribution in [-0.2, 0) is 0 Å². The van der Waals surface area contributed by atoms with Gasteiger partial charge in [0.2, 0.25) is 0 Å². The third-order valence-corrected chi connectivity index (χ3v) is 12.4. The zero-order chi connectivity index (χ0) is 41.7. The fourth-order valence-electron chi connectivity index (χ4n) is 9.57. The largest absolute Gasteiger partial charge is 0.454 e. The number of hydrogen-bond acceptors (Lipinski definition) is 2. The van der Waals surface area contributed by atoms with Crippen molar-refractivity contribution in [1.82, 2.24) is 4.57 Å². The third-order valence-electron chi connectivity index (χ3n) is 12.4. The predicted molar refractivity (Wildman–Crippen MR) is 264 cm³/mol. The second-order valence-electron chi connectivity index (χ2n) is 16.0. The Bertz CT molecular complexity index is 3600. The fourth-order valence-corrected chi connectivity index (χ4v) is 9.57. The summed E-state index contributed by atoms with van der Waals surface area (Å²) >= 11 is 0. The summed E-state index contributed by atoms with van der Waals surface area (Å²) in [5.74, 6) is 0. The highest BCUT2D eigenvalue weighted by Gasteiger charge is 2.21. The molecule has 12 rings (SSSR count). The number of hydrogen-bond donors (Lipinski definition) is 0. The molecular weight excluding hydrogens is 765 g/mol. The first-order valence-corrected chi connectivity index (χ1v) is 21.5. The second-order valence-corrected chi connectivity index (χ2v) is 16.0. The lowest BCUT2D eigenvalue weighted by molar-refractivity contribution is 0.669. The number of aromatic nitrogens is 1. The Balaban J connectivity index is 0.995. The lowest BCUT2D eigenvalue weighted by atomic mass is 9.89. The summed E-state index contributed by atoms with van der Waals surface area (Å²) in [4.78, 5) is 2.33. The van der Waals surface area contributed by atoms with Crippen LogP contribution < -0.4 is 4.90 Å². The number of benzene rings is 10. The van der Waals surface area contributed by atoms with Crippen molar-refractivity contribution in [1.29, 1.82) is 0 Å². The number of anilines is 3. The summed E-state index contributed by atoms with van der Waals surface area (Å²) in [6.07, 6.45) is 0. The van der Waals surface area contributed by atoms with E-state index in [-0.39, 0.29) is 0 Å². The maximum absolute atomic E-state index is 6.69. The minimum atomic E-state index is 0.854. The van der Waals surface area contributed by atoms with Crippen LogP contribution in [0.3, 0.4) is 0 Å². The molecule has 3 heteroatoms. The molecule has 10 aromatic carbocycles. The SMILES string of the molecule is c1ccc(-c2ccccc2-c2ccccc2-c2ccc(N(c3ccc(-c4cccc5c6ccccc6n(-c6ccccc6)c45)cc3)c3cccc4c3oc3ccccc34)cc2)cc1. The first-order valence-electron chi connectivity index (χ1n) is 21.5. The molecule has 0 spiro atoms. The molecule has 0 amide bonds. The van der Waals surface area contributed by atoms with Crippen LogP contribution >= 0.6 is 0 Å². The Labute approximate surface area is 366 Å². The smallest absolute Gasteiger partial charge is 0.159 e. The summed E-state index contributed by atoms with van der Waals surface area (Å²) in [5, 5.41) is 4.67. The molecule has 0 aliphatic heterocycles. The monoisotopic (exact) mass is 804 g/mol. The Morgan fingerprint density at radius 1 is 0.317 bits per heavy atom. The lowest BCUT2D eigenvalue weighted by Crippen LogP contribution is -2.10. The van der Waals surface area contributed by atoms with E-state index in [1.807, 2.05) is 6.07 Å². The van der Waals surface area contributed by atoms with Gasteiger partial charge in [-0.3, -0.25) is 0 Å². The zero-order valence-electron chi connectivity index (χ0n) is 34.4. The first kappa shape index (κ1) is 36.5. The van der Waals surface area contributed by atoms with Gasteiger partial charge in [0.05, 0.1) is 16.7 Å². The van der Waals surface area contributed by atoms with Crippen LogP contribution in [0.15, 0.2) is 247 Å². The van der Waals surface area contributed by atoms with Gasteiger partial charge in [-0.1, -0.05) is 188 Å². The molecule has 0 bridgehead atoms. The minimum absolute atomic E-state index is 0.854. The molecule has 3 nitrogen and oxygen atoms in total. The summed E-state index contributed by atoms with van der Waals surface area (Å²) in [6, 6.07) is 86.9. The van der Waals surface area contributed by atoms with E-state index in [9.17, 15) is 0 Å². The lowest BCUT2D eigenvalue weighted by Gasteiger charge is -2.26. The van der Waals surface area contributed by atoms with Gasteiger partial charge in [-0.15, -0.1) is 0 Å². The molecular formula is C60H40N2O. The van der Waals surface area contributed by atoms with Gasteiger partial charge in [0, 0.05) is 44.2 Å². The molecule has 0 fully saturated rings. The van der Waals surface area contributed by atoms with Gasteiger partial charge in [-0.05, 0) is 93.5 Å². The normalized spacial score (nSPS) is 11.5. The molecule has 2 aromatic heterocycles. The van der Waals surface area contributed by atoms with Crippen LogP contribution in [0, 0.1) is 0 Å². The minimum Gasteiger partial charge on any atom is -0.454 e. The van der Waals surface area contributed by atoms with E-state index in [1.165, 1.54) is 55.2 Å². The highest BCUT2D eigenvalue weighted by Crippen LogP contribution is 2.45. The summed E-state index contributed by atoms with van der Waals surface area (Å²) in [5.41, 5.74) is 17.8. The Morgan fingerprint density at radius 3 is 1.48 bits per heavy atom. The summed E-state index contributed by atoms with van der Waals surface area (Å²) in [7, 11) is 0. The standard InChI is InChI=1S/C60H40N2O/c1-3-17-41(18-4-1)47-21-7-9-23-50(47)51-24-10-8-22-48(51)42-33-37-45(38-34-42)61(57-31-16-29-55-53-26-12-14-32-58(53)63-60(55)57)46-39-35-43(36-40-46)49-27-15-28-54-52-25-11-13-30-56(52)62(59(49)54)44-19-5-2-6-20-44/h1-40H. The van der Waals surface area contributed by atoms with Gasteiger partial charge in [-0.2, -0.15) is 0 Å². The second kappa shape index (κ2) is 15.3. The Hall–Kier alpha value is -8.40. The van der Waals surface area contributed by atoms with E-state index in [0.29, 0.717) is 0 Å². The molecule has 0 saturated carbocycles. The van der Waals surface area contributed by atoms with Crippen LogP contribution in [0.2, 0.25) is 0 Å². The molecule has 12 aromatic rings. The van der Waals surface area contributed by atoms with Gasteiger partial charge >= 0.3 is 0 Å². The maximum Gasteiger partial charge on any atom is 0.159 e. The first-order chi connectivity index (χ1) is 31.3. The van der Waals surface area contributed by atoms with Crippen molar-refractivity contribution in [2.24, 2.45) is 0 Å². The van der Waals surface area contributed by atoms with Crippen molar-refractivity contribution in [2.75, 3.05) is 4.90 Å². The van der Waals surface area contributed by atoms with Crippen molar-refractivity contribution in [3.05, 3.63) is 243 Å². The molecule has 0 atom stereocenters. The van der Waals surface area contributed by atoms with Crippen molar-refractivity contribution >= 4 is 60.8 Å². The van der Waals surface area contributed by atoms with E-state index in [0.717, 1.165) is 55.8 Å². The molecule has 2 heterocycles.